The number of carbonyl (C=O) groups excluding carboxylic acids is 1. The number of aliphatic hydroxyl groups is 1. The number of thiol groups is 1. The number of rotatable bonds is 2. The Morgan fingerprint density at radius 1 is 1.67 bits per heavy atom. The summed E-state index contributed by atoms with van der Waals surface area (Å²) < 4.78 is 0. The number of carbonyl (C=O) groups is 1. The van der Waals surface area contributed by atoms with E-state index in [1.165, 1.54) is 0 Å². The first kappa shape index (κ1) is 9.86. The second-order valence-electron chi connectivity index (χ2n) is 3.19. The minimum atomic E-state index is 0.0801. The molecule has 1 aliphatic rings. The summed E-state index contributed by atoms with van der Waals surface area (Å²) in [7, 11) is 0. The van der Waals surface area contributed by atoms with E-state index < -0.39 is 0 Å². The van der Waals surface area contributed by atoms with Crippen molar-refractivity contribution < 1.29 is 9.90 Å². The quantitative estimate of drug-likeness (QED) is 0.607. The summed E-state index contributed by atoms with van der Waals surface area (Å²) in [6.07, 6.45) is 2.04. The monoisotopic (exact) mass is 189 g/mol. The van der Waals surface area contributed by atoms with Gasteiger partial charge in [0.05, 0.1) is 5.75 Å². The second kappa shape index (κ2) is 4.72. The highest BCUT2D eigenvalue weighted by atomic mass is 32.1. The Morgan fingerprint density at radius 2 is 2.42 bits per heavy atom. The van der Waals surface area contributed by atoms with Gasteiger partial charge < -0.3 is 10.0 Å². The molecule has 1 unspecified atom stereocenters. The van der Waals surface area contributed by atoms with E-state index in [0.717, 1.165) is 19.4 Å². The van der Waals surface area contributed by atoms with Crippen LogP contribution < -0.4 is 0 Å². The molecule has 1 saturated heterocycles. The van der Waals surface area contributed by atoms with Crippen molar-refractivity contribution in [3.05, 3.63) is 0 Å². The highest BCUT2D eigenvalue weighted by Crippen LogP contribution is 2.15. The summed E-state index contributed by atoms with van der Waals surface area (Å²) in [6, 6.07) is 0. The molecule has 1 amide bonds. The fourth-order valence-electron chi connectivity index (χ4n) is 1.54. The van der Waals surface area contributed by atoms with E-state index in [2.05, 4.69) is 12.6 Å². The number of piperidine rings is 1. The van der Waals surface area contributed by atoms with E-state index in [1.54, 1.807) is 4.90 Å². The predicted molar refractivity (Wildman–Crippen MR) is 50.2 cm³/mol. The highest BCUT2D eigenvalue weighted by Gasteiger charge is 2.21. The van der Waals surface area contributed by atoms with Gasteiger partial charge in [-0.25, -0.2) is 0 Å². The SMILES string of the molecule is O=C(CS)N1CCCC(CO)C1. The topological polar surface area (TPSA) is 40.5 Å². The van der Waals surface area contributed by atoms with Gasteiger partial charge in [0.1, 0.15) is 0 Å². The lowest BCUT2D eigenvalue weighted by Crippen LogP contribution is -2.41. The normalized spacial score (nSPS) is 24.2. The summed E-state index contributed by atoms with van der Waals surface area (Å²) in [5, 5.41) is 8.91. The van der Waals surface area contributed by atoms with Crippen LogP contribution >= 0.6 is 12.6 Å². The van der Waals surface area contributed by atoms with Crippen LogP contribution in [0.5, 0.6) is 0 Å². The second-order valence-corrected chi connectivity index (χ2v) is 3.50. The van der Waals surface area contributed by atoms with Gasteiger partial charge in [-0.1, -0.05) is 0 Å². The molecule has 1 N–H and O–H groups in total. The molecule has 1 heterocycles. The lowest BCUT2D eigenvalue weighted by Gasteiger charge is -2.31. The van der Waals surface area contributed by atoms with E-state index in [9.17, 15) is 4.79 Å². The van der Waals surface area contributed by atoms with E-state index in [4.69, 9.17) is 5.11 Å². The minimum absolute atomic E-state index is 0.0801. The first-order chi connectivity index (χ1) is 5.77. The van der Waals surface area contributed by atoms with Gasteiger partial charge in [0.2, 0.25) is 5.91 Å². The van der Waals surface area contributed by atoms with Crippen LogP contribution in [0.2, 0.25) is 0 Å². The van der Waals surface area contributed by atoms with Crippen molar-refractivity contribution in [1.29, 1.82) is 0 Å². The molecule has 1 rings (SSSR count). The number of likely N-dealkylation sites (tertiary alicyclic amines) is 1. The molecular weight excluding hydrogens is 174 g/mol. The molecule has 1 aliphatic heterocycles. The molecule has 0 bridgehead atoms. The maximum Gasteiger partial charge on any atom is 0.232 e. The van der Waals surface area contributed by atoms with E-state index >= 15 is 0 Å². The van der Waals surface area contributed by atoms with E-state index in [-0.39, 0.29) is 24.2 Å². The van der Waals surface area contributed by atoms with Crippen LogP contribution in [0.15, 0.2) is 0 Å². The molecule has 0 saturated carbocycles. The molecule has 0 aromatic rings. The van der Waals surface area contributed by atoms with Crippen molar-refractivity contribution in [2.45, 2.75) is 12.8 Å². The van der Waals surface area contributed by atoms with Crippen molar-refractivity contribution in [3.8, 4) is 0 Å². The maximum atomic E-state index is 11.2. The third-order valence-electron chi connectivity index (χ3n) is 2.27. The van der Waals surface area contributed by atoms with Crippen molar-refractivity contribution in [2.75, 3.05) is 25.4 Å². The smallest absolute Gasteiger partial charge is 0.232 e. The Balaban J connectivity index is 2.40. The molecule has 0 aromatic carbocycles. The van der Waals surface area contributed by atoms with Crippen LogP contribution in [0.4, 0.5) is 0 Å². The van der Waals surface area contributed by atoms with Crippen LogP contribution in [0, 0.1) is 5.92 Å². The van der Waals surface area contributed by atoms with Gasteiger partial charge >= 0.3 is 0 Å². The summed E-state index contributed by atoms with van der Waals surface area (Å²) in [5.74, 6) is 0.636. The molecule has 0 aliphatic carbocycles. The van der Waals surface area contributed by atoms with Crippen molar-refractivity contribution in [1.82, 2.24) is 4.90 Å². The van der Waals surface area contributed by atoms with Crippen LogP contribution in [0.1, 0.15) is 12.8 Å². The number of aliphatic hydroxyl groups excluding tert-OH is 1. The predicted octanol–water partition coefficient (Wildman–Crippen LogP) is 0.147. The van der Waals surface area contributed by atoms with Gasteiger partial charge in [0, 0.05) is 19.7 Å². The molecule has 4 heteroatoms. The third-order valence-corrected chi connectivity index (χ3v) is 2.54. The Kier molecular flexibility index (Phi) is 3.88. The molecule has 0 spiro atoms. The van der Waals surface area contributed by atoms with Gasteiger partial charge in [0.25, 0.3) is 0 Å². The largest absolute Gasteiger partial charge is 0.396 e. The van der Waals surface area contributed by atoms with E-state index in [1.807, 2.05) is 0 Å². The first-order valence-electron chi connectivity index (χ1n) is 4.27. The van der Waals surface area contributed by atoms with Gasteiger partial charge in [-0.15, -0.1) is 0 Å². The molecule has 1 fully saturated rings. The van der Waals surface area contributed by atoms with Crippen molar-refractivity contribution in [3.63, 3.8) is 0 Å². The Bertz CT molecular complexity index is 163. The molecule has 1 atom stereocenters. The zero-order chi connectivity index (χ0) is 8.97. The number of hydrogen-bond donors (Lipinski definition) is 2. The fraction of sp³-hybridized carbons (Fsp3) is 0.875. The maximum absolute atomic E-state index is 11.2. The molecule has 0 radical (unpaired) electrons. The van der Waals surface area contributed by atoms with Gasteiger partial charge in [-0.2, -0.15) is 12.6 Å². The average molecular weight is 189 g/mol. The summed E-state index contributed by atoms with van der Waals surface area (Å²) in [4.78, 5) is 13.0. The zero-order valence-electron chi connectivity index (χ0n) is 7.07. The third kappa shape index (κ3) is 2.38. The zero-order valence-corrected chi connectivity index (χ0v) is 7.96. The number of hydrogen-bond acceptors (Lipinski definition) is 3. The Morgan fingerprint density at radius 3 is 3.00 bits per heavy atom. The lowest BCUT2D eigenvalue weighted by molar-refractivity contribution is -0.130. The summed E-state index contributed by atoms with van der Waals surface area (Å²) in [6.45, 7) is 1.72. The molecule has 0 aromatic heterocycles. The Labute approximate surface area is 78.2 Å². The standard InChI is InChI=1S/C8H15NO2S/c10-5-7-2-1-3-9(4-7)8(11)6-12/h7,10,12H,1-6H2. The first-order valence-corrected chi connectivity index (χ1v) is 4.90. The molecule has 12 heavy (non-hydrogen) atoms. The van der Waals surface area contributed by atoms with Gasteiger partial charge in [-0.05, 0) is 18.8 Å². The van der Waals surface area contributed by atoms with Crippen molar-refractivity contribution in [2.24, 2.45) is 5.92 Å². The highest BCUT2D eigenvalue weighted by molar-refractivity contribution is 7.81. The Hall–Kier alpha value is -0.220. The summed E-state index contributed by atoms with van der Waals surface area (Å²) in [5.41, 5.74) is 0. The van der Waals surface area contributed by atoms with Crippen LogP contribution in [-0.2, 0) is 4.79 Å². The van der Waals surface area contributed by atoms with Crippen molar-refractivity contribution >= 4 is 18.5 Å². The molecule has 3 nitrogen and oxygen atoms in total. The number of amides is 1. The minimum Gasteiger partial charge on any atom is -0.396 e. The average Bonchev–Trinajstić information content (AvgIpc) is 2.17. The van der Waals surface area contributed by atoms with E-state index in [0.29, 0.717) is 6.54 Å². The summed E-state index contributed by atoms with van der Waals surface area (Å²) >= 11 is 3.93. The van der Waals surface area contributed by atoms with Crippen LogP contribution in [-0.4, -0.2) is 41.4 Å². The fourth-order valence-corrected chi connectivity index (χ4v) is 1.74. The molecular formula is C8H15NO2S. The lowest BCUT2D eigenvalue weighted by atomic mass is 9.99. The molecule has 70 valence electrons. The van der Waals surface area contributed by atoms with Gasteiger partial charge in [-0.3, -0.25) is 4.79 Å². The number of nitrogens with zero attached hydrogens (tertiary/aromatic N) is 1. The van der Waals surface area contributed by atoms with Gasteiger partial charge in [0.15, 0.2) is 0 Å². The van der Waals surface area contributed by atoms with Crippen LogP contribution in [0.3, 0.4) is 0 Å². The van der Waals surface area contributed by atoms with Crippen LogP contribution in [0.25, 0.3) is 0 Å².